The number of nitrogen functional groups attached to an aromatic ring is 1. The van der Waals surface area contributed by atoms with Gasteiger partial charge in [-0.2, -0.15) is 5.10 Å². The highest BCUT2D eigenvalue weighted by Gasteiger charge is 2.12. The topological polar surface area (TPSA) is 90.0 Å². The van der Waals surface area contributed by atoms with Crippen molar-refractivity contribution in [1.29, 1.82) is 0 Å². The van der Waals surface area contributed by atoms with Crippen LogP contribution in [0.1, 0.15) is 18.3 Å². The lowest BCUT2D eigenvalue weighted by molar-refractivity contribution is -0.121. The lowest BCUT2D eigenvalue weighted by Gasteiger charge is -2.10. The van der Waals surface area contributed by atoms with Crippen molar-refractivity contribution in [3.63, 3.8) is 0 Å². The Balaban J connectivity index is 2.55. The van der Waals surface area contributed by atoms with Gasteiger partial charge in [-0.25, -0.2) is 0 Å². The highest BCUT2D eigenvalue weighted by Crippen LogP contribution is 2.14. The molecule has 1 aromatic heterocycles. The number of nitrogens with one attached hydrogen (secondary N) is 1. The zero-order chi connectivity index (χ0) is 13.9. The quantitative estimate of drug-likeness (QED) is 0.787. The van der Waals surface area contributed by atoms with E-state index in [1.54, 1.807) is 17.9 Å². The number of rotatable bonds is 5. The fourth-order valence-corrected chi connectivity index (χ4v) is 1.75. The molecule has 0 aliphatic rings. The molecule has 2 unspecified atom stereocenters. The number of hydrogen-bond acceptors (Lipinski definition) is 4. The first-order valence-electron chi connectivity index (χ1n) is 5.71. The van der Waals surface area contributed by atoms with Gasteiger partial charge >= 0.3 is 0 Å². The molecule has 1 rings (SSSR count). The molecule has 0 saturated carbocycles. The first-order valence-corrected chi connectivity index (χ1v) is 7.33. The number of aromatic nitrogens is 2. The molecule has 0 aliphatic heterocycles. The number of nitrogens with zero attached hydrogens (tertiary/aromatic N) is 2. The van der Waals surface area contributed by atoms with Crippen LogP contribution in [0.15, 0.2) is 0 Å². The number of carbonyl (C=O) groups is 1. The molecular formula is C11H20N4O2S. The van der Waals surface area contributed by atoms with Crippen LogP contribution >= 0.6 is 0 Å². The van der Waals surface area contributed by atoms with Crippen molar-refractivity contribution in [3.05, 3.63) is 11.4 Å². The van der Waals surface area contributed by atoms with Crippen LogP contribution < -0.4 is 11.1 Å². The zero-order valence-corrected chi connectivity index (χ0v) is 12.0. The van der Waals surface area contributed by atoms with Crippen molar-refractivity contribution in [2.45, 2.75) is 32.6 Å². The van der Waals surface area contributed by atoms with Crippen LogP contribution in [0.4, 0.5) is 5.69 Å². The van der Waals surface area contributed by atoms with Crippen molar-refractivity contribution >= 4 is 22.4 Å². The normalized spacial score (nSPS) is 14.2. The second kappa shape index (κ2) is 5.99. The summed E-state index contributed by atoms with van der Waals surface area (Å²) in [6, 6.07) is 0. The number of aryl methyl sites for hydroxylation is 1. The molecule has 0 radical (unpaired) electrons. The molecule has 0 saturated heterocycles. The van der Waals surface area contributed by atoms with E-state index in [-0.39, 0.29) is 17.7 Å². The molecule has 6 nitrogen and oxygen atoms in total. The standard InChI is InChI=1S/C11H20N4O2S/c1-7(18(4)17)5-13-10(16)6-15-9(3)11(12)8(2)14-15/h7H,5-6,12H2,1-4H3,(H,13,16). The maximum Gasteiger partial charge on any atom is 0.241 e. The third-order valence-corrected chi connectivity index (χ3v) is 4.18. The summed E-state index contributed by atoms with van der Waals surface area (Å²) in [5, 5.41) is 6.86. The summed E-state index contributed by atoms with van der Waals surface area (Å²) < 4.78 is 12.7. The second-order valence-electron chi connectivity index (χ2n) is 4.36. The SMILES string of the molecule is Cc1nn(CC(=O)NCC(C)S(C)=O)c(C)c1N. The van der Waals surface area contributed by atoms with E-state index in [4.69, 9.17) is 5.73 Å². The molecular weight excluding hydrogens is 252 g/mol. The van der Waals surface area contributed by atoms with Crippen molar-refractivity contribution in [1.82, 2.24) is 15.1 Å². The third kappa shape index (κ3) is 3.56. The average Bonchev–Trinajstić information content (AvgIpc) is 2.54. The van der Waals surface area contributed by atoms with Gasteiger partial charge in [-0.15, -0.1) is 0 Å². The fraction of sp³-hybridized carbons (Fsp3) is 0.636. The van der Waals surface area contributed by atoms with Gasteiger partial charge in [-0.3, -0.25) is 13.7 Å². The van der Waals surface area contributed by atoms with Crippen LogP contribution in [0.5, 0.6) is 0 Å². The van der Waals surface area contributed by atoms with Gasteiger partial charge in [0.2, 0.25) is 5.91 Å². The van der Waals surface area contributed by atoms with E-state index in [0.717, 1.165) is 11.4 Å². The number of carbonyl (C=O) groups excluding carboxylic acids is 1. The van der Waals surface area contributed by atoms with Crippen LogP contribution in [-0.2, 0) is 22.1 Å². The number of anilines is 1. The number of nitrogens with two attached hydrogens (primary N) is 1. The van der Waals surface area contributed by atoms with Crippen LogP contribution in [0.2, 0.25) is 0 Å². The van der Waals surface area contributed by atoms with Crippen LogP contribution in [0.25, 0.3) is 0 Å². The van der Waals surface area contributed by atoms with Crippen LogP contribution in [-0.4, -0.2) is 37.9 Å². The van der Waals surface area contributed by atoms with E-state index in [2.05, 4.69) is 10.4 Å². The van der Waals surface area contributed by atoms with Crippen molar-refractivity contribution in [2.75, 3.05) is 18.5 Å². The molecule has 0 aliphatic carbocycles. The first kappa shape index (κ1) is 14.7. The van der Waals surface area contributed by atoms with Crippen molar-refractivity contribution < 1.29 is 9.00 Å². The van der Waals surface area contributed by atoms with E-state index in [9.17, 15) is 9.00 Å². The predicted molar refractivity (Wildman–Crippen MR) is 72.7 cm³/mol. The average molecular weight is 272 g/mol. The number of hydrogen-bond donors (Lipinski definition) is 2. The fourth-order valence-electron chi connectivity index (χ4n) is 1.43. The summed E-state index contributed by atoms with van der Waals surface area (Å²) in [5.74, 6) is -0.155. The summed E-state index contributed by atoms with van der Waals surface area (Å²) in [5.41, 5.74) is 7.91. The molecule has 1 amide bonds. The Morgan fingerprint density at radius 3 is 2.61 bits per heavy atom. The van der Waals surface area contributed by atoms with Gasteiger partial charge < -0.3 is 11.1 Å². The Labute approximate surface area is 109 Å². The predicted octanol–water partition coefficient (Wildman–Crippen LogP) is -0.0347. The zero-order valence-electron chi connectivity index (χ0n) is 11.2. The Hall–Kier alpha value is -1.37. The summed E-state index contributed by atoms with van der Waals surface area (Å²) in [7, 11) is -0.934. The largest absolute Gasteiger partial charge is 0.396 e. The van der Waals surface area contributed by atoms with Crippen molar-refractivity contribution in [2.24, 2.45) is 0 Å². The molecule has 0 spiro atoms. The minimum Gasteiger partial charge on any atom is -0.396 e. The van der Waals surface area contributed by atoms with Crippen LogP contribution in [0, 0.1) is 13.8 Å². The summed E-state index contributed by atoms with van der Waals surface area (Å²) >= 11 is 0. The lowest BCUT2D eigenvalue weighted by Crippen LogP contribution is -2.35. The summed E-state index contributed by atoms with van der Waals surface area (Å²) in [6.07, 6.45) is 1.62. The lowest BCUT2D eigenvalue weighted by atomic mass is 10.3. The Morgan fingerprint density at radius 2 is 2.17 bits per heavy atom. The molecule has 2 atom stereocenters. The smallest absolute Gasteiger partial charge is 0.241 e. The molecule has 7 heteroatoms. The molecule has 0 aromatic carbocycles. The first-order chi connectivity index (χ1) is 8.32. The van der Waals surface area contributed by atoms with Gasteiger partial charge in [0.05, 0.1) is 17.1 Å². The second-order valence-corrected chi connectivity index (χ2v) is 6.16. The van der Waals surface area contributed by atoms with Gasteiger partial charge in [0.1, 0.15) is 6.54 Å². The van der Waals surface area contributed by atoms with E-state index in [1.165, 1.54) is 0 Å². The summed E-state index contributed by atoms with van der Waals surface area (Å²) in [4.78, 5) is 11.7. The van der Waals surface area contributed by atoms with Gasteiger partial charge in [0.25, 0.3) is 0 Å². The third-order valence-electron chi connectivity index (χ3n) is 2.88. The molecule has 3 N–H and O–H groups in total. The van der Waals surface area contributed by atoms with E-state index < -0.39 is 10.8 Å². The number of amides is 1. The molecule has 0 bridgehead atoms. The van der Waals surface area contributed by atoms with Crippen molar-refractivity contribution in [3.8, 4) is 0 Å². The van der Waals surface area contributed by atoms with Crippen LogP contribution in [0.3, 0.4) is 0 Å². The Bertz CT molecular complexity index is 470. The van der Waals surface area contributed by atoms with Gasteiger partial charge in [-0.1, -0.05) is 0 Å². The van der Waals surface area contributed by atoms with E-state index in [0.29, 0.717) is 12.2 Å². The Kier molecular flexibility index (Phi) is 4.89. The Morgan fingerprint density at radius 1 is 1.56 bits per heavy atom. The maximum atomic E-state index is 11.7. The molecule has 1 heterocycles. The molecule has 1 aromatic rings. The van der Waals surface area contributed by atoms with Gasteiger partial charge in [-0.05, 0) is 20.8 Å². The minimum atomic E-state index is -0.934. The molecule has 0 fully saturated rings. The molecule has 102 valence electrons. The minimum absolute atomic E-state index is 0.0560. The highest BCUT2D eigenvalue weighted by atomic mass is 32.2. The van der Waals surface area contributed by atoms with Gasteiger partial charge in [0.15, 0.2) is 0 Å². The van der Waals surface area contributed by atoms with Gasteiger partial charge in [0, 0.05) is 28.9 Å². The highest BCUT2D eigenvalue weighted by molar-refractivity contribution is 7.84. The van der Waals surface area contributed by atoms with E-state index in [1.807, 2.05) is 13.8 Å². The molecule has 18 heavy (non-hydrogen) atoms. The monoisotopic (exact) mass is 272 g/mol. The maximum absolute atomic E-state index is 11.7. The van der Waals surface area contributed by atoms with E-state index >= 15 is 0 Å². The summed E-state index contributed by atoms with van der Waals surface area (Å²) in [6.45, 7) is 5.99.